The number of hydrogen-bond acceptors (Lipinski definition) is 5. The summed E-state index contributed by atoms with van der Waals surface area (Å²) in [6.45, 7) is 1.09. The van der Waals surface area contributed by atoms with Gasteiger partial charge in [0.25, 0.3) is 0 Å². The van der Waals surface area contributed by atoms with Crippen LogP contribution in [-0.2, 0) is 15.7 Å². The van der Waals surface area contributed by atoms with E-state index in [1.54, 1.807) is 30.3 Å². The third-order valence-corrected chi connectivity index (χ3v) is 4.80. The molecule has 1 N–H and O–H groups in total. The van der Waals surface area contributed by atoms with Crippen LogP contribution in [0, 0.1) is 0 Å². The van der Waals surface area contributed by atoms with Crippen molar-refractivity contribution >= 4 is 17.7 Å². The molecular weight excluding hydrogens is 379 g/mol. The van der Waals surface area contributed by atoms with Crippen LogP contribution in [0.25, 0.3) is 11.3 Å². The highest BCUT2D eigenvalue weighted by Gasteiger charge is 2.34. The molecule has 144 valence electrons. The second-order valence-electron chi connectivity index (χ2n) is 6.01. The average molecular weight is 397 g/mol. The van der Waals surface area contributed by atoms with E-state index in [1.165, 1.54) is 0 Å². The van der Waals surface area contributed by atoms with Gasteiger partial charge in [-0.25, -0.2) is 9.97 Å². The zero-order valence-electron chi connectivity index (χ0n) is 14.3. The van der Waals surface area contributed by atoms with Gasteiger partial charge in [0.2, 0.25) is 5.91 Å². The van der Waals surface area contributed by atoms with E-state index in [4.69, 9.17) is 4.74 Å². The SMILES string of the molecule is O=C(CSc1nc(-c2ccccc2)cc(C(F)(F)F)n1)NC[C@H]1CCCO1. The maximum atomic E-state index is 13.2. The molecule has 0 radical (unpaired) electrons. The fourth-order valence-electron chi connectivity index (χ4n) is 2.61. The van der Waals surface area contributed by atoms with Crippen LogP contribution in [0.4, 0.5) is 13.2 Å². The lowest BCUT2D eigenvalue weighted by molar-refractivity contribution is -0.141. The molecule has 0 bridgehead atoms. The summed E-state index contributed by atoms with van der Waals surface area (Å²) in [7, 11) is 0. The van der Waals surface area contributed by atoms with Crippen LogP contribution in [-0.4, -0.2) is 40.9 Å². The molecule has 1 aliphatic rings. The Kier molecular flexibility index (Phi) is 6.33. The molecule has 1 atom stereocenters. The molecule has 27 heavy (non-hydrogen) atoms. The summed E-state index contributed by atoms with van der Waals surface area (Å²) >= 11 is 0.875. The van der Waals surface area contributed by atoms with Crippen molar-refractivity contribution in [3.8, 4) is 11.3 Å². The largest absolute Gasteiger partial charge is 0.433 e. The van der Waals surface area contributed by atoms with Gasteiger partial charge in [0.05, 0.1) is 17.6 Å². The van der Waals surface area contributed by atoms with E-state index < -0.39 is 11.9 Å². The van der Waals surface area contributed by atoms with Gasteiger partial charge in [-0.15, -0.1) is 0 Å². The fourth-order valence-corrected chi connectivity index (χ4v) is 3.29. The van der Waals surface area contributed by atoms with E-state index in [9.17, 15) is 18.0 Å². The second-order valence-corrected chi connectivity index (χ2v) is 6.96. The molecule has 5 nitrogen and oxygen atoms in total. The topological polar surface area (TPSA) is 64.1 Å². The van der Waals surface area contributed by atoms with E-state index in [0.29, 0.717) is 18.7 Å². The van der Waals surface area contributed by atoms with Crippen molar-refractivity contribution in [3.05, 3.63) is 42.1 Å². The minimum Gasteiger partial charge on any atom is -0.376 e. The van der Waals surface area contributed by atoms with E-state index in [-0.39, 0.29) is 28.6 Å². The third-order valence-electron chi connectivity index (χ3n) is 3.95. The molecule has 1 aromatic heterocycles. The van der Waals surface area contributed by atoms with Crippen LogP contribution in [0.3, 0.4) is 0 Å². The summed E-state index contributed by atoms with van der Waals surface area (Å²) < 4.78 is 44.9. The molecule has 1 saturated heterocycles. The van der Waals surface area contributed by atoms with Gasteiger partial charge in [0, 0.05) is 18.7 Å². The number of benzene rings is 1. The molecule has 0 aliphatic carbocycles. The lowest BCUT2D eigenvalue weighted by Gasteiger charge is -2.12. The van der Waals surface area contributed by atoms with Gasteiger partial charge in [-0.1, -0.05) is 42.1 Å². The van der Waals surface area contributed by atoms with Gasteiger partial charge in [-0.2, -0.15) is 13.2 Å². The quantitative estimate of drug-likeness (QED) is 0.597. The Bertz CT molecular complexity index is 781. The van der Waals surface area contributed by atoms with Crippen molar-refractivity contribution < 1.29 is 22.7 Å². The molecule has 2 heterocycles. The number of halogens is 3. The highest BCUT2D eigenvalue weighted by atomic mass is 32.2. The van der Waals surface area contributed by atoms with Crippen molar-refractivity contribution in [2.45, 2.75) is 30.3 Å². The minimum atomic E-state index is -4.59. The van der Waals surface area contributed by atoms with Gasteiger partial charge in [0.15, 0.2) is 5.16 Å². The molecule has 2 aromatic rings. The summed E-state index contributed by atoms with van der Waals surface area (Å²) in [5, 5.41) is 2.64. The molecule has 0 unspecified atom stereocenters. The van der Waals surface area contributed by atoms with E-state index >= 15 is 0 Å². The number of carbonyl (C=O) groups excluding carboxylic acids is 1. The lowest BCUT2D eigenvalue weighted by atomic mass is 10.1. The van der Waals surface area contributed by atoms with Crippen molar-refractivity contribution in [1.82, 2.24) is 15.3 Å². The van der Waals surface area contributed by atoms with Crippen molar-refractivity contribution in [1.29, 1.82) is 0 Å². The van der Waals surface area contributed by atoms with Crippen LogP contribution < -0.4 is 5.32 Å². The first-order chi connectivity index (χ1) is 12.9. The Morgan fingerprint density at radius 2 is 2.04 bits per heavy atom. The van der Waals surface area contributed by atoms with Gasteiger partial charge in [0.1, 0.15) is 5.69 Å². The van der Waals surface area contributed by atoms with Crippen LogP contribution in [0.5, 0.6) is 0 Å². The molecule has 1 aliphatic heterocycles. The van der Waals surface area contributed by atoms with Gasteiger partial charge in [-0.3, -0.25) is 4.79 Å². The number of ether oxygens (including phenoxy) is 1. The molecular formula is C18H18F3N3O2S. The number of thioether (sulfide) groups is 1. The summed E-state index contributed by atoms with van der Waals surface area (Å²) in [5.41, 5.74) is -0.311. The van der Waals surface area contributed by atoms with Crippen molar-refractivity contribution in [2.75, 3.05) is 18.9 Å². The maximum absolute atomic E-state index is 13.2. The summed E-state index contributed by atoms with van der Waals surface area (Å²) in [6.07, 6.45) is -2.72. The Morgan fingerprint density at radius 1 is 1.26 bits per heavy atom. The average Bonchev–Trinajstić information content (AvgIpc) is 3.18. The smallest absolute Gasteiger partial charge is 0.376 e. The maximum Gasteiger partial charge on any atom is 0.433 e. The monoisotopic (exact) mass is 397 g/mol. The van der Waals surface area contributed by atoms with Crippen LogP contribution in [0.1, 0.15) is 18.5 Å². The Balaban J connectivity index is 1.69. The second kappa shape index (κ2) is 8.71. The van der Waals surface area contributed by atoms with E-state index in [1.807, 2.05) is 0 Å². The van der Waals surface area contributed by atoms with Crippen molar-refractivity contribution in [2.24, 2.45) is 0 Å². The van der Waals surface area contributed by atoms with Crippen LogP contribution >= 0.6 is 11.8 Å². The van der Waals surface area contributed by atoms with E-state index in [0.717, 1.165) is 30.7 Å². The lowest BCUT2D eigenvalue weighted by Crippen LogP contribution is -2.32. The Labute approximate surface area is 158 Å². The standard InChI is InChI=1S/C18H18F3N3O2S/c19-18(20,21)15-9-14(12-5-2-1-3-6-12)23-17(24-15)27-11-16(25)22-10-13-7-4-8-26-13/h1-3,5-6,9,13H,4,7-8,10-11H2,(H,22,25)/t13-/m1/s1. The first kappa shape index (κ1) is 19.6. The zero-order chi connectivity index (χ0) is 19.3. The number of rotatable bonds is 6. The minimum absolute atomic E-state index is 0.00782. The molecule has 1 fully saturated rings. The number of amides is 1. The first-order valence-corrected chi connectivity index (χ1v) is 9.43. The third kappa shape index (κ3) is 5.67. The first-order valence-electron chi connectivity index (χ1n) is 8.44. The van der Waals surface area contributed by atoms with Gasteiger partial charge < -0.3 is 10.1 Å². The van der Waals surface area contributed by atoms with E-state index in [2.05, 4.69) is 15.3 Å². The molecule has 3 rings (SSSR count). The van der Waals surface area contributed by atoms with Crippen molar-refractivity contribution in [3.63, 3.8) is 0 Å². The molecule has 0 spiro atoms. The summed E-state index contributed by atoms with van der Waals surface area (Å²) in [4.78, 5) is 19.7. The van der Waals surface area contributed by atoms with Crippen LogP contribution in [0.15, 0.2) is 41.6 Å². The number of nitrogens with zero attached hydrogens (tertiary/aromatic N) is 2. The summed E-state index contributed by atoms with van der Waals surface area (Å²) in [6, 6.07) is 9.46. The number of nitrogens with one attached hydrogen (secondary N) is 1. The molecule has 0 saturated carbocycles. The number of hydrogen-bond donors (Lipinski definition) is 1. The molecule has 1 amide bonds. The normalized spacial score (nSPS) is 17.1. The zero-order valence-corrected chi connectivity index (χ0v) is 15.1. The Hall–Kier alpha value is -2.13. The number of carbonyl (C=O) groups is 1. The predicted octanol–water partition coefficient (Wildman–Crippen LogP) is 3.55. The Morgan fingerprint density at radius 3 is 2.70 bits per heavy atom. The molecule has 9 heteroatoms. The predicted molar refractivity (Wildman–Crippen MR) is 95.2 cm³/mol. The summed E-state index contributed by atoms with van der Waals surface area (Å²) in [5.74, 6) is -0.361. The van der Waals surface area contributed by atoms with Crippen LogP contribution in [0.2, 0.25) is 0 Å². The van der Waals surface area contributed by atoms with Gasteiger partial charge >= 0.3 is 6.18 Å². The number of alkyl halides is 3. The fraction of sp³-hybridized carbons (Fsp3) is 0.389. The number of aromatic nitrogens is 2. The molecule has 1 aromatic carbocycles. The van der Waals surface area contributed by atoms with Gasteiger partial charge in [-0.05, 0) is 18.9 Å². The highest BCUT2D eigenvalue weighted by molar-refractivity contribution is 7.99. The highest BCUT2D eigenvalue weighted by Crippen LogP contribution is 2.31.